The van der Waals surface area contributed by atoms with Crippen molar-refractivity contribution in [1.29, 1.82) is 0 Å². The fourth-order valence-corrected chi connectivity index (χ4v) is 2.63. The van der Waals surface area contributed by atoms with Gasteiger partial charge in [-0.15, -0.1) is 0 Å². The number of hydrogen-bond donors (Lipinski definition) is 1. The zero-order chi connectivity index (χ0) is 13.8. The highest BCUT2D eigenvalue weighted by Gasteiger charge is 2.27. The Kier molecular flexibility index (Phi) is 4.99. The van der Waals surface area contributed by atoms with Gasteiger partial charge in [0, 0.05) is 25.7 Å². The van der Waals surface area contributed by atoms with Gasteiger partial charge in [-0.1, -0.05) is 6.92 Å². The van der Waals surface area contributed by atoms with Crippen LogP contribution in [-0.4, -0.2) is 40.4 Å². The van der Waals surface area contributed by atoms with Crippen LogP contribution in [0.5, 0.6) is 0 Å². The number of anilines is 1. The van der Waals surface area contributed by atoms with E-state index in [9.17, 15) is 4.79 Å². The number of nitrogens with zero attached hydrogens (tertiary/aromatic N) is 3. The van der Waals surface area contributed by atoms with Crippen molar-refractivity contribution in [3.05, 3.63) is 21.0 Å². The lowest BCUT2D eigenvalue weighted by atomic mass is 10.4. The molecule has 0 saturated heterocycles. The Morgan fingerprint density at radius 2 is 2.26 bits per heavy atom. The Labute approximate surface area is 122 Å². The molecule has 1 fully saturated rings. The molecule has 0 aromatic carbocycles. The number of aromatic nitrogens is 2. The van der Waals surface area contributed by atoms with Crippen LogP contribution in [-0.2, 0) is 6.54 Å². The van der Waals surface area contributed by atoms with E-state index in [0.29, 0.717) is 11.0 Å². The average molecular weight is 329 g/mol. The maximum atomic E-state index is 11.9. The van der Waals surface area contributed by atoms with Crippen LogP contribution in [0.3, 0.4) is 0 Å². The van der Waals surface area contributed by atoms with Crippen LogP contribution in [0.25, 0.3) is 0 Å². The van der Waals surface area contributed by atoms with Crippen LogP contribution < -0.4 is 10.9 Å². The summed E-state index contributed by atoms with van der Waals surface area (Å²) in [5, 5.41) is 7.41. The molecule has 6 heteroatoms. The maximum Gasteiger partial charge on any atom is 0.283 e. The van der Waals surface area contributed by atoms with E-state index in [0.717, 1.165) is 31.4 Å². The van der Waals surface area contributed by atoms with Crippen molar-refractivity contribution >= 4 is 21.6 Å². The summed E-state index contributed by atoms with van der Waals surface area (Å²) in [4.78, 5) is 14.4. The Morgan fingerprint density at radius 3 is 2.84 bits per heavy atom. The molecule has 1 aliphatic carbocycles. The fourth-order valence-electron chi connectivity index (χ4n) is 2.19. The van der Waals surface area contributed by atoms with Crippen LogP contribution in [0.2, 0.25) is 0 Å². The number of halogens is 1. The van der Waals surface area contributed by atoms with Gasteiger partial charge >= 0.3 is 0 Å². The quantitative estimate of drug-likeness (QED) is 0.830. The molecule has 1 aromatic rings. The molecule has 1 N–H and O–H groups in total. The number of aryl methyl sites for hydroxylation is 1. The van der Waals surface area contributed by atoms with Gasteiger partial charge in [-0.25, -0.2) is 4.68 Å². The maximum absolute atomic E-state index is 11.9. The van der Waals surface area contributed by atoms with Gasteiger partial charge in [0.2, 0.25) is 0 Å². The van der Waals surface area contributed by atoms with Gasteiger partial charge in [0.15, 0.2) is 0 Å². The van der Waals surface area contributed by atoms with Crippen molar-refractivity contribution in [2.24, 2.45) is 0 Å². The Morgan fingerprint density at radius 1 is 1.53 bits per heavy atom. The Bertz CT molecular complexity index is 484. The first-order chi connectivity index (χ1) is 9.17. The van der Waals surface area contributed by atoms with E-state index in [4.69, 9.17) is 0 Å². The van der Waals surface area contributed by atoms with E-state index in [-0.39, 0.29) is 5.56 Å². The second-order valence-corrected chi connectivity index (χ2v) is 5.57. The predicted molar refractivity (Wildman–Crippen MR) is 80.6 cm³/mol. The third kappa shape index (κ3) is 3.57. The second kappa shape index (κ2) is 6.52. The van der Waals surface area contributed by atoms with Gasteiger partial charge < -0.3 is 5.32 Å². The van der Waals surface area contributed by atoms with E-state index in [1.807, 2.05) is 6.92 Å². The fraction of sp³-hybridized carbons (Fsp3) is 0.692. The van der Waals surface area contributed by atoms with Crippen LogP contribution in [0.4, 0.5) is 5.69 Å². The first-order valence-electron chi connectivity index (χ1n) is 6.90. The lowest BCUT2D eigenvalue weighted by molar-refractivity contribution is 0.289. The van der Waals surface area contributed by atoms with E-state index >= 15 is 0 Å². The summed E-state index contributed by atoms with van der Waals surface area (Å²) >= 11 is 3.35. The van der Waals surface area contributed by atoms with Gasteiger partial charge in [-0.05, 0) is 42.2 Å². The number of hydrogen-bond acceptors (Lipinski definition) is 4. The van der Waals surface area contributed by atoms with Crippen LogP contribution in [0.1, 0.15) is 26.7 Å². The minimum absolute atomic E-state index is 0.0814. The van der Waals surface area contributed by atoms with E-state index in [2.05, 4.69) is 38.2 Å². The molecule has 1 saturated carbocycles. The lowest BCUT2D eigenvalue weighted by Crippen LogP contribution is -2.31. The van der Waals surface area contributed by atoms with Crippen molar-refractivity contribution < 1.29 is 0 Å². The summed E-state index contributed by atoms with van der Waals surface area (Å²) in [6.45, 7) is 7.61. The molecule has 0 amide bonds. The number of nitrogens with one attached hydrogen (secondary N) is 1. The van der Waals surface area contributed by atoms with E-state index in [1.54, 1.807) is 6.20 Å². The van der Waals surface area contributed by atoms with Crippen molar-refractivity contribution in [3.8, 4) is 0 Å². The van der Waals surface area contributed by atoms with Gasteiger partial charge in [0.25, 0.3) is 5.56 Å². The van der Waals surface area contributed by atoms with Gasteiger partial charge in [0.1, 0.15) is 4.47 Å². The molecule has 106 valence electrons. The molecule has 19 heavy (non-hydrogen) atoms. The average Bonchev–Trinajstić information content (AvgIpc) is 3.24. The van der Waals surface area contributed by atoms with Gasteiger partial charge in [-0.3, -0.25) is 9.69 Å². The zero-order valence-corrected chi connectivity index (χ0v) is 13.1. The minimum atomic E-state index is -0.0814. The summed E-state index contributed by atoms with van der Waals surface area (Å²) < 4.78 is 2.01. The standard InChI is InChI=1S/C13H21BrN4O/c1-3-17(10-5-6-10)8-7-15-11-9-16-18(4-2)13(19)12(11)14/h9-10,15H,3-8H2,1-2H3. The molecule has 0 bridgehead atoms. The normalized spacial score (nSPS) is 14.9. The first kappa shape index (κ1) is 14.5. The number of rotatable bonds is 7. The molecule has 1 aliphatic rings. The molecule has 1 aromatic heterocycles. The molecule has 5 nitrogen and oxygen atoms in total. The predicted octanol–water partition coefficient (Wildman–Crippen LogP) is 1.92. The first-order valence-corrected chi connectivity index (χ1v) is 7.70. The molecular weight excluding hydrogens is 308 g/mol. The van der Waals surface area contributed by atoms with E-state index < -0.39 is 0 Å². The highest BCUT2D eigenvalue weighted by Crippen LogP contribution is 2.26. The van der Waals surface area contributed by atoms with Gasteiger partial charge in [0.05, 0.1) is 11.9 Å². The van der Waals surface area contributed by atoms with Crippen molar-refractivity contribution in [2.45, 2.75) is 39.3 Å². The van der Waals surface area contributed by atoms with E-state index in [1.165, 1.54) is 17.5 Å². The molecule has 0 atom stereocenters. The Balaban J connectivity index is 1.92. The lowest BCUT2D eigenvalue weighted by Gasteiger charge is -2.20. The van der Waals surface area contributed by atoms with Crippen molar-refractivity contribution in [1.82, 2.24) is 14.7 Å². The minimum Gasteiger partial charge on any atom is -0.381 e. The van der Waals surface area contributed by atoms with Gasteiger partial charge in [-0.2, -0.15) is 5.10 Å². The topological polar surface area (TPSA) is 50.2 Å². The third-order valence-corrected chi connectivity index (χ3v) is 4.23. The molecule has 0 unspecified atom stereocenters. The smallest absolute Gasteiger partial charge is 0.283 e. The molecular formula is C13H21BrN4O. The zero-order valence-electron chi connectivity index (χ0n) is 11.5. The molecule has 2 rings (SSSR count). The summed E-state index contributed by atoms with van der Waals surface area (Å²) in [5.74, 6) is 0. The number of likely N-dealkylation sites (N-methyl/N-ethyl adjacent to an activating group) is 1. The van der Waals surface area contributed by atoms with Crippen LogP contribution >= 0.6 is 15.9 Å². The molecule has 0 aliphatic heterocycles. The van der Waals surface area contributed by atoms with Crippen molar-refractivity contribution in [3.63, 3.8) is 0 Å². The summed E-state index contributed by atoms with van der Waals surface area (Å²) in [5.41, 5.74) is 0.698. The second-order valence-electron chi connectivity index (χ2n) is 4.78. The molecule has 0 spiro atoms. The monoisotopic (exact) mass is 328 g/mol. The highest BCUT2D eigenvalue weighted by atomic mass is 79.9. The highest BCUT2D eigenvalue weighted by molar-refractivity contribution is 9.10. The summed E-state index contributed by atoms with van der Waals surface area (Å²) in [7, 11) is 0. The molecule has 0 radical (unpaired) electrons. The third-order valence-electron chi connectivity index (χ3n) is 3.47. The SMILES string of the molecule is CCN(CCNc1cnn(CC)c(=O)c1Br)C1CC1. The van der Waals surface area contributed by atoms with Crippen molar-refractivity contribution in [2.75, 3.05) is 25.0 Å². The van der Waals surface area contributed by atoms with Crippen LogP contribution in [0.15, 0.2) is 15.5 Å². The largest absolute Gasteiger partial charge is 0.381 e. The Hall–Kier alpha value is -0.880. The summed E-state index contributed by atoms with van der Waals surface area (Å²) in [6.07, 6.45) is 4.36. The molecule has 1 heterocycles. The summed E-state index contributed by atoms with van der Waals surface area (Å²) in [6, 6.07) is 0.779. The van der Waals surface area contributed by atoms with Crippen LogP contribution in [0, 0.1) is 0 Å².